The Labute approximate surface area is 110 Å². The number of aryl methyl sites for hydroxylation is 3. The Morgan fingerprint density at radius 3 is 2.28 bits per heavy atom. The van der Waals surface area contributed by atoms with Gasteiger partial charge in [0.1, 0.15) is 5.78 Å². The molecule has 2 nitrogen and oxygen atoms in total. The van der Waals surface area contributed by atoms with Gasteiger partial charge in [-0.05, 0) is 56.5 Å². The van der Waals surface area contributed by atoms with Crippen molar-refractivity contribution in [3.8, 4) is 0 Å². The van der Waals surface area contributed by atoms with E-state index in [-0.39, 0.29) is 5.92 Å². The molecule has 1 aromatic rings. The number of rotatable bonds is 4. The van der Waals surface area contributed by atoms with Gasteiger partial charge in [-0.25, -0.2) is 0 Å². The van der Waals surface area contributed by atoms with Crippen molar-refractivity contribution in [1.82, 2.24) is 5.32 Å². The molecule has 1 unspecified atom stereocenters. The van der Waals surface area contributed by atoms with Gasteiger partial charge in [0, 0.05) is 12.3 Å². The lowest BCUT2D eigenvalue weighted by atomic mass is 9.82. The molecular formula is C16H23NO. The Morgan fingerprint density at radius 2 is 1.83 bits per heavy atom. The molecule has 0 aliphatic carbocycles. The summed E-state index contributed by atoms with van der Waals surface area (Å²) >= 11 is 0. The van der Waals surface area contributed by atoms with Crippen LogP contribution in [0, 0.1) is 32.6 Å². The Kier molecular flexibility index (Phi) is 3.86. The zero-order chi connectivity index (χ0) is 13.3. The van der Waals surface area contributed by atoms with Crippen LogP contribution < -0.4 is 5.32 Å². The molecule has 98 valence electrons. The third-order valence-electron chi connectivity index (χ3n) is 4.22. The minimum atomic E-state index is 0.186. The molecule has 0 radical (unpaired) electrons. The van der Waals surface area contributed by atoms with Gasteiger partial charge in [-0.2, -0.15) is 0 Å². The van der Waals surface area contributed by atoms with E-state index in [2.05, 4.69) is 45.1 Å². The van der Waals surface area contributed by atoms with Gasteiger partial charge in [-0.1, -0.05) is 24.6 Å². The van der Waals surface area contributed by atoms with E-state index in [1.807, 2.05) is 0 Å². The fraction of sp³-hybridized carbons (Fsp3) is 0.562. The number of hydrogen-bond acceptors (Lipinski definition) is 2. The summed E-state index contributed by atoms with van der Waals surface area (Å²) in [5, 5.41) is 3.24. The van der Waals surface area contributed by atoms with Crippen molar-refractivity contribution in [2.75, 3.05) is 13.1 Å². The van der Waals surface area contributed by atoms with Crippen LogP contribution in [0.4, 0.5) is 0 Å². The Hall–Kier alpha value is -1.15. The average Bonchev–Trinajstić information content (AvgIpc) is 2.20. The quantitative estimate of drug-likeness (QED) is 0.883. The van der Waals surface area contributed by atoms with Gasteiger partial charge in [0.05, 0.1) is 0 Å². The van der Waals surface area contributed by atoms with Gasteiger partial charge < -0.3 is 5.32 Å². The third kappa shape index (κ3) is 2.64. The van der Waals surface area contributed by atoms with Crippen molar-refractivity contribution < 1.29 is 4.79 Å². The summed E-state index contributed by atoms with van der Waals surface area (Å²) in [5.74, 6) is 1.12. The van der Waals surface area contributed by atoms with Crippen LogP contribution >= 0.6 is 0 Å². The summed E-state index contributed by atoms with van der Waals surface area (Å²) < 4.78 is 0. The van der Waals surface area contributed by atoms with Gasteiger partial charge in [0.25, 0.3) is 0 Å². The highest BCUT2D eigenvalue weighted by molar-refractivity contribution is 5.84. The van der Waals surface area contributed by atoms with Gasteiger partial charge >= 0.3 is 0 Å². The van der Waals surface area contributed by atoms with Crippen LogP contribution in [0.25, 0.3) is 0 Å². The lowest BCUT2D eigenvalue weighted by molar-refractivity contribution is -0.123. The molecule has 0 amide bonds. The number of Topliss-reactive ketones (excluding diaryl/α,β-unsaturated/α-hetero) is 1. The molecule has 0 spiro atoms. The molecule has 18 heavy (non-hydrogen) atoms. The number of benzene rings is 1. The minimum absolute atomic E-state index is 0.186. The second kappa shape index (κ2) is 5.23. The maximum Gasteiger partial charge on any atom is 0.140 e. The van der Waals surface area contributed by atoms with E-state index < -0.39 is 0 Å². The molecule has 1 N–H and O–H groups in total. The Morgan fingerprint density at radius 1 is 1.28 bits per heavy atom. The molecule has 1 heterocycles. The molecule has 1 aliphatic heterocycles. The van der Waals surface area contributed by atoms with E-state index in [1.54, 1.807) is 0 Å². The number of carbonyl (C=O) groups is 1. The van der Waals surface area contributed by atoms with Crippen LogP contribution in [-0.2, 0) is 11.2 Å². The molecule has 2 heteroatoms. The van der Waals surface area contributed by atoms with Crippen LogP contribution in [0.2, 0.25) is 0 Å². The molecule has 0 saturated carbocycles. The summed E-state index contributed by atoms with van der Waals surface area (Å²) in [7, 11) is 0. The lowest BCUT2D eigenvalue weighted by Crippen LogP contribution is -2.47. The van der Waals surface area contributed by atoms with Gasteiger partial charge in [-0.3, -0.25) is 4.79 Å². The normalized spacial score (nSPS) is 17.3. The first-order valence-corrected chi connectivity index (χ1v) is 6.79. The smallest absolute Gasteiger partial charge is 0.140 e. The van der Waals surface area contributed by atoms with Crippen molar-refractivity contribution >= 4 is 5.78 Å². The summed E-state index contributed by atoms with van der Waals surface area (Å²) in [6.45, 7) is 10.4. The molecule has 1 fully saturated rings. The van der Waals surface area contributed by atoms with Crippen molar-refractivity contribution in [2.45, 2.75) is 34.1 Å². The molecule has 1 aliphatic rings. The van der Waals surface area contributed by atoms with Gasteiger partial charge in [0.15, 0.2) is 0 Å². The third-order valence-corrected chi connectivity index (χ3v) is 4.22. The molecule has 0 aromatic heterocycles. The van der Waals surface area contributed by atoms with Crippen LogP contribution in [0.1, 0.15) is 29.2 Å². The standard InChI is InChI=1S/C16H23NO/c1-10-5-11(2)15(12(3)6-10)7-16(18)13(4)14-8-17-9-14/h5-6,13-14,17H,7-9H2,1-4H3. The average molecular weight is 245 g/mol. The zero-order valence-corrected chi connectivity index (χ0v) is 11.8. The predicted octanol–water partition coefficient (Wildman–Crippen LogP) is 2.58. The van der Waals surface area contributed by atoms with Crippen LogP contribution in [-0.4, -0.2) is 18.9 Å². The fourth-order valence-corrected chi connectivity index (χ4v) is 2.75. The Bertz CT molecular complexity index is 437. The molecule has 0 bridgehead atoms. The van der Waals surface area contributed by atoms with Crippen molar-refractivity contribution in [2.24, 2.45) is 11.8 Å². The minimum Gasteiger partial charge on any atom is -0.316 e. The second-order valence-electron chi connectivity index (χ2n) is 5.73. The highest BCUT2D eigenvalue weighted by atomic mass is 16.1. The van der Waals surface area contributed by atoms with E-state index in [0.29, 0.717) is 18.1 Å². The van der Waals surface area contributed by atoms with E-state index in [1.165, 1.54) is 22.3 Å². The van der Waals surface area contributed by atoms with Crippen molar-refractivity contribution in [3.63, 3.8) is 0 Å². The van der Waals surface area contributed by atoms with Crippen LogP contribution in [0.15, 0.2) is 12.1 Å². The zero-order valence-electron chi connectivity index (χ0n) is 11.8. The monoisotopic (exact) mass is 245 g/mol. The highest BCUT2D eigenvalue weighted by Crippen LogP contribution is 2.22. The van der Waals surface area contributed by atoms with Crippen molar-refractivity contribution in [1.29, 1.82) is 0 Å². The maximum atomic E-state index is 12.3. The maximum absolute atomic E-state index is 12.3. The largest absolute Gasteiger partial charge is 0.316 e. The number of hydrogen-bond donors (Lipinski definition) is 1. The fourth-order valence-electron chi connectivity index (χ4n) is 2.75. The van der Waals surface area contributed by atoms with E-state index >= 15 is 0 Å². The lowest BCUT2D eigenvalue weighted by Gasteiger charge is -2.32. The second-order valence-corrected chi connectivity index (χ2v) is 5.73. The highest BCUT2D eigenvalue weighted by Gasteiger charge is 2.28. The van der Waals surface area contributed by atoms with Gasteiger partial charge in [0.2, 0.25) is 0 Å². The molecular weight excluding hydrogens is 222 g/mol. The van der Waals surface area contributed by atoms with Gasteiger partial charge in [-0.15, -0.1) is 0 Å². The number of carbonyl (C=O) groups excluding carboxylic acids is 1. The van der Waals surface area contributed by atoms with Crippen LogP contribution in [0.5, 0.6) is 0 Å². The van der Waals surface area contributed by atoms with E-state index in [9.17, 15) is 4.79 Å². The topological polar surface area (TPSA) is 29.1 Å². The summed E-state index contributed by atoms with van der Waals surface area (Å²) in [6, 6.07) is 4.34. The van der Waals surface area contributed by atoms with Crippen LogP contribution in [0.3, 0.4) is 0 Å². The van der Waals surface area contributed by atoms with Crippen molar-refractivity contribution in [3.05, 3.63) is 34.4 Å². The Balaban J connectivity index is 2.11. The summed E-state index contributed by atoms with van der Waals surface area (Å²) in [5.41, 5.74) is 5.00. The number of nitrogens with one attached hydrogen (secondary N) is 1. The summed E-state index contributed by atoms with van der Waals surface area (Å²) in [4.78, 5) is 12.3. The molecule has 1 saturated heterocycles. The first-order chi connectivity index (χ1) is 8.49. The first kappa shape index (κ1) is 13.3. The van der Waals surface area contributed by atoms with E-state index in [4.69, 9.17) is 0 Å². The molecule has 1 atom stereocenters. The molecule has 1 aromatic carbocycles. The number of ketones is 1. The first-order valence-electron chi connectivity index (χ1n) is 6.79. The summed E-state index contributed by atoms with van der Waals surface area (Å²) in [6.07, 6.45) is 0.593. The predicted molar refractivity (Wildman–Crippen MR) is 74.9 cm³/mol. The van der Waals surface area contributed by atoms with E-state index in [0.717, 1.165) is 13.1 Å². The molecule has 2 rings (SSSR count). The SMILES string of the molecule is Cc1cc(C)c(CC(=O)C(C)C2CNC2)c(C)c1.